The van der Waals surface area contributed by atoms with Gasteiger partial charge in [0.2, 0.25) is 0 Å². The molecule has 3 aliphatic heterocycles. The summed E-state index contributed by atoms with van der Waals surface area (Å²) in [7, 11) is 2.21. The first-order chi connectivity index (χ1) is 19.4. The van der Waals surface area contributed by atoms with Crippen molar-refractivity contribution in [2.24, 2.45) is 0 Å². The molecule has 212 valence electrons. The van der Waals surface area contributed by atoms with Gasteiger partial charge in [-0.05, 0) is 56.6 Å². The van der Waals surface area contributed by atoms with Crippen LogP contribution in [-0.4, -0.2) is 78.7 Å². The second-order valence-electron chi connectivity index (χ2n) is 11.1. The third kappa shape index (κ3) is 5.75. The summed E-state index contributed by atoms with van der Waals surface area (Å²) >= 11 is 0. The van der Waals surface area contributed by atoms with Crippen molar-refractivity contribution >= 4 is 23.0 Å². The van der Waals surface area contributed by atoms with Crippen LogP contribution in [0.3, 0.4) is 0 Å². The third-order valence-corrected chi connectivity index (χ3v) is 8.43. The number of halogens is 2. The number of piperidine rings is 1. The van der Waals surface area contributed by atoms with Crippen molar-refractivity contribution in [1.82, 2.24) is 19.8 Å². The van der Waals surface area contributed by atoms with Crippen LogP contribution in [0.5, 0.6) is 0 Å². The average Bonchev–Trinajstić information content (AvgIpc) is 3.44. The predicted molar refractivity (Wildman–Crippen MR) is 153 cm³/mol. The molecular weight excluding hydrogens is 512 g/mol. The van der Waals surface area contributed by atoms with E-state index in [2.05, 4.69) is 62.2 Å². The first-order valence-electron chi connectivity index (χ1n) is 14.2. The molecule has 2 aromatic carbocycles. The van der Waals surface area contributed by atoms with Crippen molar-refractivity contribution in [3.63, 3.8) is 0 Å². The summed E-state index contributed by atoms with van der Waals surface area (Å²) in [6, 6.07) is 12.1. The minimum absolute atomic E-state index is 0.380. The fraction of sp³-hybridized carbons (Fsp3) is 0.467. The Labute approximate surface area is 234 Å². The van der Waals surface area contributed by atoms with E-state index in [1.54, 1.807) is 11.1 Å². The Morgan fingerprint density at radius 1 is 0.900 bits per heavy atom. The van der Waals surface area contributed by atoms with E-state index in [1.807, 2.05) is 0 Å². The second-order valence-corrected chi connectivity index (χ2v) is 11.1. The molecule has 1 N–H and O–H groups in total. The maximum absolute atomic E-state index is 14.5. The van der Waals surface area contributed by atoms with Crippen LogP contribution in [0.1, 0.15) is 36.4 Å². The third-order valence-electron chi connectivity index (χ3n) is 8.43. The maximum atomic E-state index is 14.5. The second kappa shape index (κ2) is 11.6. The lowest BCUT2D eigenvalue weighted by atomic mass is 10.0. The number of aryl methyl sites for hydroxylation is 1. The summed E-state index contributed by atoms with van der Waals surface area (Å²) in [5.41, 5.74) is 3.81. The summed E-state index contributed by atoms with van der Waals surface area (Å²) in [6.07, 6.45) is 4.44. The molecule has 0 spiro atoms. The molecule has 40 heavy (non-hydrogen) atoms. The van der Waals surface area contributed by atoms with Crippen LogP contribution in [-0.2, 0) is 4.84 Å². The van der Waals surface area contributed by atoms with Gasteiger partial charge in [-0.15, -0.1) is 0 Å². The van der Waals surface area contributed by atoms with E-state index in [-0.39, 0.29) is 0 Å². The highest BCUT2D eigenvalue weighted by Crippen LogP contribution is 2.36. The number of benzene rings is 2. The largest absolute Gasteiger partial charge is 0.371 e. The number of nitrogens with zero attached hydrogens (tertiary/aromatic N) is 6. The predicted octanol–water partition coefficient (Wildman–Crippen LogP) is 4.91. The number of rotatable bonds is 6. The van der Waals surface area contributed by atoms with E-state index in [0.717, 1.165) is 24.8 Å². The van der Waals surface area contributed by atoms with Gasteiger partial charge < -0.3 is 15.1 Å². The fourth-order valence-electron chi connectivity index (χ4n) is 6.18. The van der Waals surface area contributed by atoms with Crippen molar-refractivity contribution in [1.29, 1.82) is 0 Å². The lowest BCUT2D eigenvalue weighted by Gasteiger charge is -2.43. The number of likely N-dealkylation sites (N-methyl/N-ethyl adjacent to an activating group) is 1. The van der Waals surface area contributed by atoms with E-state index < -0.39 is 17.7 Å². The summed E-state index contributed by atoms with van der Waals surface area (Å²) in [5, 5.41) is 4.97. The molecule has 1 atom stereocenters. The van der Waals surface area contributed by atoms with E-state index in [1.165, 1.54) is 68.7 Å². The number of aromatic nitrogens is 2. The molecule has 3 fully saturated rings. The molecule has 3 aliphatic rings. The summed E-state index contributed by atoms with van der Waals surface area (Å²) in [5.74, 6) is -0.0667. The Hall–Kier alpha value is -3.34. The first-order valence-corrected chi connectivity index (χ1v) is 14.2. The van der Waals surface area contributed by atoms with Crippen LogP contribution in [0.2, 0.25) is 0 Å². The Bertz CT molecular complexity index is 1330. The molecule has 0 saturated carbocycles. The topological polar surface area (TPSA) is 60.0 Å². The zero-order valence-electron chi connectivity index (χ0n) is 23.2. The molecule has 1 aromatic heterocycles. The van der Waals surface area contributed by atoms with E-state index in [9.17, 15) is 8.78 Å². The number of piperazine rings is 1. The highest BCUT2D eigenvalue weighted by Gasteiger charge is 2.31. The number of hydrogen-bond acceptors (Lipinski definition) is 8. The van der Waals surface area contributed by atoms with Crippen molar-refractivity contribution < 1.29 is 13.6 Å². The molecule has 8 nitrogen and oxygen atoms in total. The highest BCUT2D eigenvalue weighted by atomic mass is 19.1. The molecule has 10 heteroatoms. The van der Waals surface area contributed by atoms with Crippen LogP contribution in [0.25, 0.3) is 0 Å². The zero-order chi connectivity index (χ0) is 27.6. The molecule has 0 bridgehead atoms. The van der Waals surface area contributed by atoms with Crippen LogP contribution in [0.15, 0.2) is 48.8 Å². The SMILES string of the molecule is Cc1cc(Nc2cc(N3OCCC3c3ccc(F)cc3F)ncn2)ccc1N1CCC(N2CCN(C)CC2)CC1. The molecule has 0 amide bonds. The zero-order valence-corrected chi connectivity index (χ0v) is 23.2. The fourth-order valence-corrected chi connectivity index (χ4v) is 6.18. The van der Waals surface area contributed by atoms with E-state index >= 15 is 0 Å². The van der Waals surface area contributed by atoms with Gasteiger partial charge in [0, 0.05) is 80.8 Å². The first kappa shape index (κ1) is 26.9. The lowest BCUT2D eigenvalue weighted by Crippen LogP contribution is -2.52. The van der Waals surface area contributed by atoms with Crippen LogP contribution >= 0.6 is 0 Å². The van der Waals surface area contributed by atoms with Gasteiger partial charge in [-0.1, -0.05) is 6.07 Å². The van der Waals surface area contributed by atoms with Crippen LogP contribution < -0.4 is 15.3 Å². The number of hydrogen-bond donors (Lipinski definition) is 1. The van der Waals surface area contributed by atoms with Crippen LogP contribution in [0.4, 0.5) is 31.8 Å². The summed E-state index contributed by atoms with van der Waals surface area (Å²) in [4.78, 5) is 22.1. The minimum Gasteiger partial charge on any atom is -0.371 e. The molecule has 1 unspecified atom stereocenters. The van der Waals surface area contributed by atoms with Crippen molar-refractivity contribution in [3.8, 4) is 0 Å². The Kier molecular flexibility index (Phi) is 7.82. The molecular formula is C30H37F2N7O. The van der Waals surface area contributed by atoms with Gasteiger partial charge >= 0.3 is 0 Å². The monoisotopic (exact) mass is 549 g/mol. The van der Waals surface area contributed by atoms with Gasteiger partial charge in [0.1, 0.15) is 23.8 Å². The van der Waals surface area contributed by atoms with Crippen molar-refractivity contribution in [2.75, 3.05) is 68.2 Å². The standard InChI is InChI=1S/C30H37F2N7O/c1-21-17-23(4-6-27(21)38-10-7-24(8-11-38)37-14-12-36(2)13-15-37)35-29-19-30(34-20-33-29)39-28(9-16-40-39)25-5-3-22(31)18-26(25)32/h3-6,17-20,24,28H,7-16H2,1-2H3,(H,33,34,35). The van der Waals surface area contributed by atoms with Crippen molar-refractivity contribution in [3.05, 3.63) is 71.6 Å². The van der Waals surface area contributed by atoms with E-state index in [0.29, 0.717) is 36.3 Å². The molecule has 0 aliphatic carbocycles. The van der Waals surface area contributed by atoms with Crippen LogP contribution in [0, 0.1) is 18.6 Å². The smallest absolute Gasteiger partial charge is 0.158 e. The maximum Gasteiger partial charge on any atom is 0.158 e. The molecule has 4 heterocycles. The molecule has 0 radical (unpaired) electrons. The van der Waals surface area contributed by atoms with Gasteiger partial charge in [0.25, 0.3) is 0 Å². The number of nitrogens with one attached hydrogen (secondary N) is 1. The Morgan fingerprint density at radius 2 is 1.70 bits per heavy atom. The molecule has 3 saturated heterocycles. The number of anilines is 4. The van der Waals surface area contributed by atoms with Gasteiger partial charge in [0.05, 0.1) is 12.6 Å². The van der Waals surface area contributed by atoms with Gasteiger partial charge in [0.15, 0.2) is 5.82 Å². The summed E-state index contributed by atoms with van der Waals surface area (Å²) < 4.78 is 28.0. The highest BCUT2D eigenvalue weighted by molar-refractivity contribution is 5.65. The van der Waals surface area contributed by atoms with Gasteiger partial charge in [-0.25, -0.2) is 23.8 Å². The number of hydroxylamine groups is 1. The normalized spacial score (nSPS) is 21.2. The minimum atomic E-state index is -0.600. The van der Waals surface area contributed by atoms with Crippen molar-refractivity contribution in [2.45, 2.75) is 38.3 Å². The quantitative estimate of drug-likeness (QED) is 0.466. The molecule has 3 aromatic rings. The van der Waals surface area contributed by atoms with E-state index in [4.69, 9.17) is 4.84 Å². The van der Waals surface area contributed by atoms with Gasteiger partial charge in [-0.3, -0.25) is 9.74 Å². The Morgan fingerprint density at radius 3 is 2.45 bits per heavy atom. The van der Waals surface area contributed by atoms with Gasteiger partial charge in [-0.2, -0.15) is 0 Å². The average molecular weight is 550 g/mol. The molecule has 6 rings (SSSR count). The Balaban J connectivity index is 1.10. The lowest BCUT2D eigenvalue weighted by molar-refractivity contribution is 0.0982. The summed E-state index contributed by atoms with van der Waals surface area (Å²) in [6.45, 7) is 9.41.